The molecular formula is C78H45N3O2. The largest absolute Gasteiger partial charge is 0.454 e. The van der Waals surface area contributed by atoms with Gasteiger partial charge in [0.05, 0.1) is 44.5 Å². The first-order chi connectivity index (χ1) is 41.2. The van der Waals surface area contributed by atoms with Crippen LogP contribution in [0.4, 0.5) is 0 Å². The van der Waals surface area contributed by atoms with Crippen LogP contribution in [-0.2, 0) is 0 Å². The third-order valence-corrected chi connectivity index (χ3v) is 18.0. The SMILES string of the molecule is c1ccc2c(c1)oc1c(-n3c4ccccc4c4ccc(-c5ccc6c(c5)c5cc(-c7ccc8c9ccccc9n(-c9cccc%10c9oc9ccccc9%10)c8c7)ccc5n6-c5ccc6c7ccccc7c7ccccc7c6c5)cc43)cccc12. The second-order valence-electron chi connectivity index (χ2n) is 22.3. The van der Waals surface area contributed by atoms with Crippen molar-refractivity contribution in [1.82, 2.24) is 13.7 Å². The molecule has 0 aliphatic heterocycles. The Morgan fingerprint density at radius 3 is 1.04 bits per heavy atom. The van der Waals surface area contributed by atoms with Crippen LogP contribution in [0.2, 0.25) is 0 Å². The summed E-state index contributed by atoms with van der Waals surface area (Å²) >= 11 is 0. The molecule has 19 rings (SSSR count). The van der Waals surface area contributed by atoms with Gasteiger partial charge in [-0.3, -0.25) is 0 Å². The quantitative estimate of drug-likeness (QED) is 0.161. The first kappa shape index (κ1) is 44.7. The van der Waals surface area contributed by atoms with E-state index in [4.69, 9.17) is 8.83 Å². The predicted octanol–water partition coefficient (Wildman–Crippen LogP) is 21.6. The normalized spacial score (nSPS) is 12.3. The van der Waals surface area contributed by atoms with Gasteiger partial charge < -0.3 is 22.5 Å². The maximum absolute atomic E-state index is 6.71. The summed E-state index contributed by atoms with van der Waals surface area (Å²) in [5, 5.41) is 19.2. The molecule has 19 aromatic rings. The number of fused-ring (bicyclic) bond motifs is 21. The van der Waals surface area contributed by atoms with E-state index in [0.717, 1.165) is 116 Å². The van der Waals surface area contributed by atoms with Gasteiger partial charge in [0.15, 0.2) is 11.2 Å². The van der Waals surface area contributed by atoms with Gasteiger partial charge in [0.25, 0.3) is 0 Å². The highest BCUT2D eigenvalue weighted by Crippen LogP contribution is 2.45. The molecule has 5 nitrogen and oxygen atoms in total. The second kappa shape index (κ2) is 16.7. The van der Waals surface area contributed by atoms with Gasteiger partial charge in [-0.1, -0.05) is 188 Å². The average Bonchev–Trinajstić information content (AvgIpc) is 3.53. The van der Waals surface area contributed by atoms with Crippen molar-refractivity contribution in [3.05, 3.63) is 273 Å². The molecule has 0 spiro atoms. The second-order valence-corrected chi connectivity index (χ2v) is 22.3. The summed E-state index contributed by atoms with van der Waals surface area (Å²) in [5.41, 5.74) is 18.1. The van der Waals surface area contributed by atoms with E-state index in [2.05, 4.69) is 275 Å². The molecule has 5 aromatic heterocycles. The van der Waals surface area contributed by atoms with Gasteiger partial charge in [-0.15, -0.1) is 0 Å². The molecule has 0 saturated heterocycles. The summed E-state index contributed by atoms with van der Waals surface area (Å²) < 4.78 is 20.7. The Balaban J connectivity index is 0.841. The Morgan fingerprint density at radius 1 is 0.193 bits per heavy atom. The fourth-order valence-electron chi connectivity index (χ4n) is 14.3. The molecule has 0 aliphatic carbocycles. The Morgan fingerprint density at radius 2 is 0.542 bits per heavy atom. The number of furan rings is 2. The Labute approximate surface area is 473 Å². The molecule has 0 saturated carbocycles. The van der Waals surface area contributed by atoms with Crippen LogP contribution in [0, 0.1) is 0 Å². The van der Waals surface area contributed by atoms with Crippen LogP contribution in [0.5, 0.6) is 0 Å². The summed E-state index contributed by atoms with van der Waals surface area (Å²) in [6, 6.07) is 100. The fraction of sp³-hybridized carbons (Fsp3) is 0. The van der Waals surface area contributed by atoms with Crippen LogP contribution in [0.1, 0.15) is 0 Å². The van der Waals surface area contributed by atoms with Crippen molar-refractivity contribution in [3.8, 4) is 39.3 Å². The lowest BCUT2D eigenvalue weighted by atomic mass is 9.94. The number of nitrogens with zero attached hydrogens (tertiary/aromatic N) is 3. The van der Waals surface area contributed by atoms with E-state index >= 15 is 0 Å². The number of para-hydroxylation sites is 6. The van der Waals surface area contributed by atoms with Crippen molar-refractivity contribution in [2.45, 2.75) is 0 Å². The van der Waals surface area contributed by atoms with E-state index in [0.29, 0.717) is 0 Å². The maximum atomic E-state index is 6.71. The first-order valence-electron chi connectivity index (χ1n) is 28.5. The number of hydrogen-bond donors (Lipinski definition) is 0. The minimum absolute atomic E-state index is 0.880. The van der Waals surface area contributed by atoms with Crippen molar-refractivity contribution in [2.75, 3.05) is 0 Å². The molecule has 83 heavy (non-hydrogen) atoms. The number of rotatable bonds is 5. The molecule has 0 bridgehead atoms. The van der Waals surface area contributed by atoms with Gasteiger partial charge in [-0.05, 0) is 140 Å². The number of aromatic nitrogens is 3. The van der Waals surface area contributed by atoms with Crippen molar-refractivity contribution < 1.29 is 8.83 Å². The molecule has 0 fully saturated rings. The average molecular weight is 1060 g/mol. The Bertz CT molecular complexity index is 5690. The van der Waals surface area contributed by atoms with E-state index < -0.39 is 0 Å². The summed E-state index contributed by atoms with van der Waals surface area (Å²) in [5.74, 6) is 0. The van der Waals surface area contributed by atoms with Gasteiger partial charge in [0, 0.05) is 59.5 Å². The minimum Gasteiger partial charge on any atom is -0.454 e. The molecule has 5 heterocycles. The lowest BCUT2D eigenvalue weighted by Crippen LogP contribution is -1.95. The Kier molecular flexibility index (Phi) is 9.00. The minimum atomic E-state index is 0.880. The summed E-state index contributed by atoms with van der Waals surface area (Å²) in [4.78, 5) is 0. The Hall–Kier alpha value is -11.1. The molecule has 0 radical (unpaired) electrons. The molecule has 0 unspecified atom stereocenters. The standard InChI is InChI=1S/C78H45N3O2/c1-2-17-53-51(15-1)52-16-3-4-18-54(52)64-45-50(35-38-55(53)64)79-69-39-33-46(48-31-36-58-56-19-5-9-25-67(56)80(73(58)43-48)71-27-13-23-62-60-21-7-11-29-75(60)82-77(62)71)41-65(69)66-42-47(34-40-70(66)79)49-32-37-59-57-20-6-10-26-68(57)81(74(59)44-49)72-28-14-24-63-61-22-8-12-30-76(61)83-78(63)72/h1-45H. The molecule has 0 N–H and O–H groups in total. The van der Waals surface area contributed by atoms with Crippen molar-refractivity contribution in [1.29, 1.82) is 0 Å². The predicted molar refractivity (Wildman–Crippen MR) is 347 cm³/mol. The molecule has 14 aromatic carbocycles. The van der Waals surface area contributed by atoms with Crippen molar-refractivity contribution >= 4 is 142 Å². The maximum Gasteiger partial charge on any atom is 0.159 e. The highest BCUT2D eigenvalue weighted by Gasteiger charge is 2.23. The van der Waals surface area contributed by atoms with Crippen molar-refractivity contribution in [3.63, 3.8) is 0 Å². The molecule has 5 heteroatoms. The van der Waals surface area contributed by atoms with Gasteiger partial charge in [0.2, 0.25) is 0 Å². The van der Waals surface area contributed by atoms with E-state index in [1.165, 1.54) is 64.6 Å². The zero-order chi connectivity index (χ0) is 54.0. The zero-order valence-corrected chi connectivity index (χ0v) is 44.6. The van der Waals surface area contributed by atoms with Gasteiger partial charge >= 0.3 is 0 Å². The van der Waals surface area contributed by atoms with Crippen LogP contribution in [-0.4, -0.2) is 13.7 Å². The number of benzene rings is 14. The molecule has 0 atom stereocenters. The van der Waals surface area contributed by atoms with Crippen LogP contribution in [0.3, 0.4) is 0 Å². The van der Waals surface area contributed by atoms with Crippen LogP contribution < -0.4 is 0 Å². The summed E-state index contributed by atoms with van der Waals surface area (Å²) in [6.45, 7) is 0. The van der Waals surface area contributed by atoms with Gasteiger partial charge in [0.1, 0.15) is 11.2 Å². The molecular weight excluding hydrogens is 1010 g/mol. The number of hydrogen-bond acceptors (Lipinski definition) is 2. The topological polar surface area (TPSA) is 41.1 Å². The van der Waals surface area contributed by atoms with Gasteiger partial charge in [-0.2, -0.15) is 0 Å². The fourth-order valence-corrected chi connectivity index (χ4v) is 14.3. The zero-order valence-electron chi connectivity index (χ0n) is 44.6. The first-order valence-corrected chi connectivity index (χ1v) is 28.5. The summed E-state index contributed by atoms with van der Waals surface area (Å²) in [7, 11) is 0. The lowest BCUT2D eigenvalue weighted by Gasteiger charge is -2.14. The van der Waals surface area contributed by atoms with Gasteiger partial charge in [-0.25, -0.2) is 0 Å². The van der Waals surface area contributed by atoms with Crippen LogP contribution in [0.15, 0.2) is 282 Å². The highest BCUT2D eigenvalue weighted by atomic mass is 16.3. The molecule has 0 amide bonds. The highest BCUT2D eigenvalue weighted by molar-refractivity contribution is 6.26. The van der Waals surface area contributed by atoms with E-state index in [9.17, 15) is 0 Å². The monoisotopic (exact) mass is 1060 g/mol. The third kappa shape index (κ3) is 6.25. The molecule has 0 aliphatic rings. The summed E-state index contributed by atoms with van der Waals surface area (Å²) in [6.07, 6.45) is 0. The molecule has 384 valence electrons. The smallest absolute Gasteiger partial charge is 0.159 e. The van der Waals surface area contributed by atoms with Crippen LogP contribution in [0.25, 0.3) is 181 Å². The van der Waals surface area contributed by atoms with Crippen molar-refractivity contribution in [2.24, 2.45) is 0 Å². The van der Waals surface area contributed by atoms with E-state index in [1.54, 1.807) is 0 Å². The van der Waals surface area contributed by atoms with E-state index in [1.807, 2.05) is 12.1 Å². The third-order valence-electron chi connectivity index (χ3n) is 18.0. The van der Waals surface area contributed by atoms with Crippen LogP contribution >= 0.6 is 0 Å². The van der Waals surface area contributed by atoms with E-state index in [-0.39, 0.29) is 0 Å². The lowest BCUT2D eigenvalue weighted by molar-refractivity contribution is 0.666.